The number of nitrogens with one attached hydrogen (secondary N) is 1. The number of carbonyl (C=O) groups is 1. The average molecular weight is 334 g/mol. The van der Waals surface area contributed by atoms with Crippen molar-refractivity contribution in [3.05, 3.63) is 35.4 Å². The van der Waals surface area contributed by atoms with Crippen molar-refractivity contribution >= 4 is 6.09 Å². The fraction of sp³-hybridized carbons (Fsp3) is 0.632. The normalized spacial score (nSPS) is 17.0. The summed E-state index contributed by atoms with van der Waals surface area (Å²) in [5, 5.41) is 22.0. The molecule has 1 aromatic rings. The lowest BCUT2D eigenvalue weighted by Crippen LogP contribution is -2.45. The van der Waals surface area contributed by atoms with E-state index in [9.17, 15) is 10.0 Å². The molecule has 134 valence electrons. The minimum atomic E-state index is -1.30. The number of hydrogen-bond acceptors (Lipinski definition) is 3. The molecule has 0 unspecified atom stereocenters. The standard InChI is InChI=1S/C19H30N2O3/c1-15(2)16-8-6-9-17(14-16)19(10-4-3-5-11-19)20-12-7-13-21(24)18(22)23/h6,8-9,14-15,20,24H,3-5,7,10-13H2,1-2H3,(H,22,23). The van der Waals surface area contributed by atoms with Crippen molar-refractivity contribution < 1.29 is 15.1 Å². The molecule has 1 aromatic carbocycles. The first-order valence-electron chi connectivity index (χ1n) is 8.99. The maximum atomic E-state index is 10.6. The minimum absolute atomic E-state index is 0.0212. The zero-order valence-electron chi connectivity index (χ0n) is 14.8. The number of carboxylic acid groups (broad SMARTS) is 1. The van der Waals surface area contributed by atoms with E-state index in [2.05, 4.69) is 43.4 Å². The summed E-state index contributed by atoms with van der Waals surface area (Å²) in [6.07, 6.45) is 5.20. The molecule has 2 rings (SSSR count). The van der Waals surface area contributed by atoms with Crippen LogP contribution in [0.25, 0.3) is 0 Å². The largest absolute Gasteiger partial charge is 0.463 e. The van der Waals surface area contributed by atoms with Crippen molar-refractivity contribution in [2.24, 2.45) is 0 Å². The average Bonchev–Trinajstić information content (AvgIpc) is 2.59. The van der Waals surface area contributed by atoms with Crippen LogP contribution < -0.4 is 5.32 Å². The van der Waals surface area contributed by atoms with E-state index in [0.717, 1.165) is 12.8 Å². The zero-order valence-corrected chi connectivity index (χ0v) is 14.8. The molecule has 5 heteroatoms. The van der Waals surface area contributed by atoms with E-state index < -0.39 is 6.09 Å². The van der Waals surface area contributed by atoms with Crippen molar-refractivity contribution in [1.29, 1.82) is 0 Å². The van der Waals surface area contributed by atoms with E-state index in [1.54, 1.807) is 0 Å². The van der Waals surface area contributed by atoms with Crippen molar-refractivity contribution in [2.45, 2.75) is 63.8 Å². The Morgan fingerprint density at radius 1 is 1.29 bits per heavy atom. The fourth-order valence-electron chi connectivity index (χ4n) is 3.57. The first kappa shape index (κ1) is 18.7. The molecule has 24 heavy (non-hydrogen) atoms. The lowest BCUT2D eigenvalue weighted by Gasteiger charge is -2.39. The number of hydroxylamine groups is 2. The Hall–Kier alpha value is -1.59. The van der Waals surface area contributed by atoms with Crippen molar-refractivity contribution in [1.82, 2.24) is 10.4 Å². The van der Waals surface area contributed by atoms with Gasteiger partial charge in [-0.25, -0.2) is 4.79 Å². The van der Waals surface area contributed by atoms with Crippen LogP contribution in [0.4, 0.5) is 4.79 Å². The van der Waals surface area contributed by atoms with Crippen LogP contribution >= 0.6 is 0 Å². The molecule has 1 aliphatic carbocycles. The predicted octanol–water partition coefficient (Wildman–Crippen LogP) is 4.32. The smallest absolute Gasteiger partial charge is 0.431 e. The third-order valence-corrected chi connectivity index (χ3v) is 5.04. The maximum Gasteiger partial charge on any atom is 0.431 e. The van der Waals surface area contributed by atoms with E-state index in [1.807, 2.05) is 0 Å². The number of nitrogens with zero attached hydrogens (tertiary/aromatic N) is 1. The second-order valence-corrected chi connectivity index (χ2v) is 7.11. The number of hydrogen-bond donors (Lipinski definition) is 3. The maximum absolute atomic E-state index is 10.6. The van der Waals surface area contributed by atoms with E-state index >= 15 is 0 Å². The van der Waals surface area contributed by atoms with Crippen LogP contribution in [0.3, 0.4) is 0 Å². The third-order valence-electron chi connectivity index (χ3n) is 5.04. The SMILES string of the molecule is CC(C)c1cccc(C2(NCCCN(O)C(=O)O)CCCCC2)c1. The van der Waals surface area contributed by atoms with Gasteiger partial charge in [-0.15, -0.1) is 0 Å². The van der Waals surface area contributed by atoms with Gasteiger partial charge in [-0.05, 0) is 42.9 Å². The van der Waals surface area contributed by atoms with Crippen molar-refractivity contribution in [3.8, 4) is 0 Å². The number of amides is 1. The lowest BCUT2D eigenvalue weighted by atomic mass is 9.75. The third kappa shape index (κ3) is 4.71. The molecule has 1 aliphatic rings. The first-order valence-corrected chi connectivity index (χ1v) is 8.99. The highest BCUT2D eigenvalue weighted by Crippen LogP contribution is 2.38. The molecule has 0 bridgehead atoms. The predicted molar refractivity (Wildman–Crippen MR) is 94.4 cm³/mol. The van der Waals surface area contributed by atoms with Gasteiger partial charge in [-0.3, -0.25) is 5.21 Å². The van der Waals surface area contributed by atoms with Gasteiger partial charge >= 0.3 is 6.09 Å². The lowest BCUT2D eigenvalue weighted by molar-refractivity contribution is -0.0643. The molecule has 0 aliphatic heterocycles. The summed E-state index contributed by atoms with van der Waals surface area (Å²) in [4.78, 5) is 10.6. The molecular weight excluding hydrogens is 304 g/mol. The summed E-state index contributed by atoms with van der Waals surface area (Å²) in [6, 6.07) is 8.85. The van der Waals surface area contributed by atoms with E-state index in [0.29, 0.717) is 23.9 Å². The van der Waals surface area contributed by atoms with Crippen molar-refractivity contribution in [2.75, 3.05) is 13.1 Å². The van der Waals surface area contributed by atoms with Crippen LogP contribution in [0.2, 0.25) is 0 Å². The molecule has 0 radical (unpaired) electrons. The minimum Gasteiger partial charge on any atom is -0.463 e. The van der Waals surface area contributed by atoms with Gasteiger partial charge in [-0.2, -0.15) is 5.06 Å². The van der Waals surface area contributed by atoms with Gasteiger partial charge in [0.15, 0.2) is 0 Å². The highest BCUT2D eigenvalue weighted by Gasteiger charge is 2.33. The van der Waals surface area contributed by atoms with Gasteiger partial charge in [0.05, 0.1) is 6.54 Å². The molecular formula is C19H30N2O3. The number of rotatable bonds is 7. The highest BCUT2D eigenvalue weighted by atomic mass is 16.6. The summed E-state index contributed by atoms with van der Waals surface area (Å²) in [6.45, 7) is 5.24. The Morgan fingerprint density at radius 3 is 2.62 bits per heavy atom. The van der Waals surface area contributed by atoms with Crippen LogP contribution in [0.1, 0.15) is 69.4 Å². The molecule has 0 aromatic heterocycles. The Labute approximate surface area is 144 Å². The van der Waals surface area contributed by atoms with Gasteiger partial charge in [0.25, 0.3) is 0 Å². The fourth-order valence-corrected chi connectivity index (χ4v) is 3.57. The monoisotopic (exact) mass is 334 g/mol. The molecule has 3 N–H and O–H groups in total. The summed E-state index contributed by atoms with van der Waals surface area (Å²) in [7, 11) is 0. The Kier molecular flexibility index (Phi) is 6.63. The van der Waals surface area contributed by atoms with Gasteiger partial charge in [0.1, 0.15) is 0 Å². The topological polar surface area (TPSA) is 72.8 Å². The molecule has 5 nitrogen and oxygen atoms in total. The molecule has 1 fully saturated rings. The van der Waals surface area contributed by atoms with Gasteiger partial charge < -0.3 is 10.4 Å². The summed E-state index contributed by atoms with van der Waals surface area (Å²) < 4.78 is 0. The highest BCUT2D eigenvalue weighted by molar-refractivity contribution is 5.63. The quantitative estimate of drug-likeness (QED) is 0.394. The molecule has 0 atom stereocenters. The molecule has 1 amide bonds. The summed E-state index contributed by atoms with van der Waals surface area (Å²) in [5.41, 5.74) is 2.67. The van der Waals surface area contributed by atoms with Gasteiger partial charge in [-0.1, -0.05) is 57.4 Å². The molecule has 0 saturated heterocycles. The van der Waals surface area contributed by atoms with Crippen LogP contribution in [0, 0.1) is 0 Å². The molecule has 1 saturated carbocycles. The summed E-state index contributed by atoms with van der Waals surface area (Å²) in [5.74, 6) is 0.504. The Morgan fingerprint density at radius 2 is 2.00 bits per heavy atom. The van der Waals surface area contributed by atoms with Gasteiger partial charge in [0.2, 0.25) is 0 Å². The Bertz CT molecular complexity index is 539. The Balaban J connectivity index is 2.06. The summed E-state index contributed by atoms with van der Waals surface area (Å²) >= 11 is 0. The molecule has 0 heterocycles. The zero-order chi connectivity index (χ0) is 17.6. The van der Waals surface area contributed by atoms with Crippen molar-refractivity contribution in [3.63, 3.8) is 0 Å². The van der Waals surface area contributed by atoms with Crippen LogP contribution in [0.5, 0.6) is 0 Å². The van der Waals surface area contributed by atoms with Crippen LogP contribution in [-0.4, -0.2) is 34.6 Å². The molecule has 0 spiro atoms. The van der Waals surface area contributed by atoms with E-state index in [1.165, 1.54) is 30.4 Å². The second kappa shape index (κ2) is 8.49. The van der Waals surface area contributed by atoms with Crippen LogP contribution in [-0.2, 0) is 5.54 Å². The first-order chi connectivity index (χ1) is 11.4. The second-order valence-electron chi connectivity index (χ2n) is 7.11. The van der Waals surface area contributed by atoms with Gasteiger partial charge in [0, 0.05) is 5.54 Å². The van der Waals surface area contributed by atoms with Crippen LogP contribution in [0.15, 0.2) is 24.3 Å². The number of benzene rings is 1. The van der Waals surface area contributed by atoms with E-state index in [4.69, 9.17) is 5.11 Å². The van der Waals surface area contributed by atoms with E-state index in [-0.39, 0.29) is 12.1 Å².